The van der Waals surface area contributed by atoms with E-state index in [1.807, 2.05) is 0 Å². The molecule has 0 aromatic rings. The summed E-state index contributed by atoms with van der Waals surface area (Å²) >= 11 is 0. The minimum absolute atomic E-state index is 0.0898. The summed E-state index contributed by atoms with van der Waals surface area (Å²) < 4.78 is 10.0. The van der Waals surface area contributed by atoms with Crippen LogP contribution >= 0.6 is 8.03 Å². The van der Waals surface area contributed by atoms with Crippen molar-refractivity contribution in [3.05, 3.63) is 11.6 Å². The average molecular weight is 163 g/mol. The zero-order chi connectivity index (χ0) is 8.15. The summed E-state index contributed by atoms with van der Waals surface area (Å²) in [6.07, 6.45) is 1.13. The maximum atomic E-state index is 10.1. The van der Waals surface area contributed by atoms with E-state index < -0.39 is 14.0 Å². The first-order valence-electron chi connectivity index (χ1n) is 2.57. The highest BCUT2D eigenvalue weighted by atomic mass is 31.1. The maximum absolute atomic E-state index is 10.1. The SMILES string of the molecule is CC(=CC[P+](=O)O)C(=O)O. The molecule has 10 heavy (non-hydrogen) atoms. The summed E-state index contributed by atoms with van der Waals surface area (Å²) in [6.45, 7) is 1.38. The van der Waals surface area contributed by atoms with Crippen LogP contribution in [-0.4, -0.2) is 22.1 Å². The molecule has 0 aliphatic carbocycles. The van der Waals surface area contributed by atoms with Crippen molar-refractivity contribution < 1.29 is 19.4 Å². The fourth-order valence-electron chi connectivity index (χ4n) is 0.302. The van der Waals surface area contributed by atoms with Gasteiger partial charge in [0.15, 0.2) is 6.16 Å². The van der Waals surface area contributed by atoms with Crippen LogP contribution in [0.25, 0.3) is 0 Å². The molecule has 5 heteroatoms. The minimum Gasteiger partial charge on any atom is -0.478 e. The van der Waals surface area contributed by atoms with Gasteiger partial charge in [0.1, 0.15) is 0 Å². The Morgan fingerprint density at radius 1 is 1.70 bits per heavy atom. The second-order valence-electron chi connectivity index (χ2n) is 1.73. The van der Waals surface area contributed by atoms with Crippen molar-refractivity contribution in [1.82, 2.24) is 0 Å². The van der Waals surface area contributed by atoms with E-state index in [0.29, 0.717) is 0 Å². The topological polar surface area (TPSA) is 74.6 Å². The minimum atomic E-state index is -2.25. The standard InChI is InChI=1S/C5H7O4P/c1-4(5(6)7)2-3-10(8)9/h2H,3H2,1H3,(H-,6,7,8,9)/p+1. The third kappa shape index (κ3) is 4.18. The van der Waals surface area contributed by atoms with Gasteiger partial charge in [-0.25, -0.2) is 4.79 Å². The fourth-order valence-corrected chi connectivity index (χ4v) is 0.732. The van der Waals surface area contributed by atoms with Crippen LogP contribution in [0.3, 0.4) is 0 Å². The van der Waals surface area contributed by atoms with Crippen molar-refractivity contribution in [2.45, 2.75) is 6.92 Å². The molecule has 0 saturated heterocycles. The Morgan fingerprint density at radius 2 is 2.20 bits per heavy atom. The lowest BCUT2D eigenvalue weighted by atomic mass is 10.3. The molecule has 0 rings (SSSR count). The largest absolute Gasteiger partial charge is 0.509 e. The van der Waals surface area contributed by atoms with Crippen molar-refractivity contribution >= 4 is 14.0 Å². The van der Waals surface area contributed by atoms with Gasteiger partial charge in [0, 0.05) is 5.57 Å². The summed E-state index contributed by atoms with van der Waals surface area (Å²) in [6, 6.07) is 0. The van der Waals surface area contributed by atoms with Gasteiger partial charge in [0.2, 0.25) is 0 Å². The molecule has 0 aromatic heterocycles. The first kappa shape index (κ1) is 9.27. The molecule has 0 spiro atoms. The maximum Gasteiger partial charge on any atom is 0.509 e. The van der Waals surface area contributed by atoms with Crippen molar-refractivity contribution in [3.8, 4) is 0 Å². The van der Waals surface area contributed by atoms with Crippen molar-refractivity contribution in [2.75, 3.05) is 6.16 Å². The smallest absolute Gasteiger partial charge is 0.478 e. The number of carboxylic acids is 1. The van der Waals surface area contributed by atoms with Gasteiger partial charge in [-0.2, -0.15) is 4.89 Å². The van der Waals surface area contributed by atoms with E-state index >= 15 is 0 Å². The molecular weight excluding hydrogens is 155 g/mol. The Hall–Kier alpha value is -0.730. The molecule has 2 N–H and O–H groups in total. The molecule has 0 aliphatic rings. The van der Waals surface area contributed by atoms with E-state index in [0.717, 1.165) is 0 Å². The first-order valence-corrected chi connectivity index (χ1v) is 3.97. The van der Waals surface area contributed by atoms with Gasteiger partial charge in [0.25, 0.3) is 0 Å². The van der Waals surface area contributed by atoms with Crippen molar-refractivity contribution in [1.29, 1.82) is 0 Å². The van der Waals surface area contributed by atoms with Gasteiger partial charge >= 0.3 is 14.0 Å². The predicted octanol–water partition coefficient (Wildman–Crippen LogP) is 0.752. The zero-order valence-electron chi connectivity index (χ0n) is 5.44. The normalized spacial score (nSPS) is 13.0. The predicted molar refractivity (Wildman–Crippen MR) is 36.1 cm³/mol. The van der Waals surface area contributed by atoms with Crippen LogP contribution in [-0.2, 0) is 9.36 Å². The van der Waals surface area contributed by atoms with Crippen LogP contribution in [0, 0.1) is 0 Å². The van der Waals surface area contributed by atoms with Gasteiger partial charge < -0.3 is 5.11 Å². The van der Waals surface area contributed by atoms with Crippen molar-refractivity contribution in [3.63, 3.8) is 0 Å². The van der Waals surface area contributed by atoms with Crippen molar-refractivity contribution in [2.24, 2.45) is 0 Å². The van der Waals surface area contributed by atoms with Gasteiger partial charge in [0.05, 0.1) is 0 Å². The van der Waals surface area contributed by atoms with E-state index in [2.05, 4.69) is 0 Å². The van der Waals surface area contributed by atoms with E-state index in [1.54, 1.807) is 0 Å². The molecule has 56 valence electrons. The highest BCUT2D eigenvalue weighted by molar-refractivity contribution is 7.38. The number of rotatable bonds is 3. The third-order valence-corrected chi connectivity index (χ3v) is 1.39. The number of carbonyl (C=O) groups is 1. The summed E-state index contributed by atoms with van der Waals surface area (Å²) in [5, 5.41) is 8.25. The second-order valence-corrected chi connectivity index (χ2v) is 2.80. The lowest BCUT2D eigenvalue weighted by molar-refractivity contribution is -0.132. The molecule has 0 aromatic carbocycles. The highest BCUT2D eigenvalue weighted by Gasteiger charge is 2.08. The fraction of sp³-hybridized carbons (Fsp3) is 0.400. The molecule has 0 aliphatic heterocycles. The first-order chi connectivity index (χ1) is 4.54. The average Bonchev–Trinajstić information content (AvgIpc) is 1.82. The number of hydrogen-bond donors (Lipinski definition) is 2. The van der Waals surface area contributed by atoms with Crippen LogP contribution in [0.5, 0.6) is 0 Å². The molecule has 0 heterocycles. The molecule has 0 saturated carbocycles. The highest BCUT2D eigenvalue weighted by Crippen LogP contribution is 2.12. The number of allylic oxidation sites excluding steroid dienone is 1. The zero-order valence-corrected chi connectivity index (χ0v) is 6.34. The van der Waals surface area contributed by atoms with Gasteiger partial charge in [-0.3, -0.25) is 0 Å². The van der Waals surface area contributed by atoms with Crippen LogP contribution in [0.15, 0.2) is 11.6 Å². The lowest BCUT2D eigenvalue weighted by Gasteiger charge is -1.85. The van der Waals surface area contributed by atoms with E-state index in [-0.39, 0.29) is 11.7 Å². The lowest BCUT2D eigenvalue weighted by Crippen LogP contribution is -1.95. The van der Waals surface area contributed by atoms with E-state index in [4.69, 9.17) is 10.00 Å². The Kier molecular flexibility index (Phi) is 3.84. The second kappa shape index (κ2) is 4.14. The molecular formula is C5H8O4P+. The Morgan fingerprint density at radius 3 is 2.50 bits per heavy atom. The van der Waals surface area contributed by atoms with E-state index in [9.17, 15) is 9.36 Å². The summed E-state index contributed by atoms with van der Waals surface area (Å²) in [5.74, 6) is -1.06. The number of hydrogen-bond acceptors (Lipinski definition) is 2. The van der Waals surface area contributed by atoms with E-state index in [1.165, 1.54) is 13.0 Å². The monoisotopic (exact) mass is 163 g/mol. The Labute approximate surface area is 59.1 Å². The van der Waals surface area contributed by atoms with Crippen LogP contribution in [0.1, 0.15) is 6.92 Å². The number of aliphatic carboxylic acids is 1. The van der Waals surface area contributed by atoms with Gasteiger partial charge in [-0.05, 0) is 17.6 Å². The van der Waals surface area contributed by atoms with Gasteiger partial charge in [-0.15, -0.1) is 0 Å². The molecule has 1 atom stereocenters. The summed E-state index contributed by atoms with van der Waals surface area (Å²) in [5.41, 5.74) is 0.0948. The molecule has 4 nitrogen and oxygen atoms in total. The van der Waals surface area contributed by atoms with Crippen LogP contribution in [0.2, 0.25) is 0 Å². The van der Waals surface area contributed by atoms with Gasteiger partial charge in [-0.1, -0.05) is 0 Å². The molecule has 0 bridgehead atoms. The quantitative estimate of drug-likeness (QED) is 0.475. The third-order valence-electron chi connectivity index (χ3n) is 0.891. The molecule has 0 radical (unpaired) electrons. The van der Waals surface area contributed by atoms with Crippen LogP contribution < -0.4 is 0 Å². The molecule has 1 unspecified atom stereocenters. The Bertz CT molecular complexity index is 184. The molecule has 0 fully saturated rings. The summed E-state index contributed by atoms with van der Waals surface area (Å²) in [4.78, 5) is 18.3. The Balaban J connectivity index is 3.92. The number of carboxylic acid groups (broad SMARTS) is 1. The summed E-state index contributed by atoms with van der Waals surface area (Å²) in [7, 11) is -2.25. The van der Waals surface area contributed by atoms with Crippen LogP contribution in [0.4, 0.5) is 0 Å². The molecule has 0 amide bonds.